The zero-order valence-electron chi connectivity index (χ0n) is 20.5. The minimum atomic E-state index is 0.0392. The molecule has 1 saturated heterocycles. The van der Waals surface area contributed by atoms with E-state index in [4.69, 9.17) is 5.10 Å². The summed E-state index contributed by atoms with van der Waals surface area (Å²) in [4.78, 5) is 20.4. The fourth-order valence-corrected chi connectivity index (χ4v) is 4.94. The smallest absolute Gasteiger partial charge is 0.255 e. The Labute approximate surface area is 211 Å². The van der Waals surface area contributed by atoms with Crippen molar-refractivity contribution >= 4 is 27.7 Å². The summed E-state index contributed by atoms with van der Waals surface area (Å²) in [5.74, 6) is 1.49. The standard InChI is InChI=1S/C27H34BrN5O/c1-20(2)18-32(27(34)23-12-8-9-13-25(23)28)19-24-21(3)29-33(22-10-6-5-7-11-22)26(24)31-16-14-30(4)15-17-31/h5-13,20H,14-19H2,1-4H3. The summed E-state index contributed by atoms with van der Waals surface area (Å²) in [5.41, 5.74) is 3.82. The van der Waals surface area contributed by atoms with Gasteiger partial charge in [0.2, 0.25) is 0 Å². The predicted octanol–water partition coefficient (Wildman–Crippen LogP) is 4.99. The summed E-state index contributed by atoms with van der Waals surface area (Å²) < 4.78 is 2.89. The van der Waals surface area contributed by atoms with Crippen LogP contribution in [0, 0.1) is 12.8 Å². The molecule has 1 aliphatic rings. The number of rotatable bonds is 7. The third-order valence-corrected chi connectivity index (χ3v) is 6.98. The fourth-order valence-electron chi connectivity index (χ4n) is 4.48. The largest absolute Gasteiger partial charge is 0.354 e. The van der Waals surface area contributed by atoms with Crippen molar-refractivity contribution in [1.29, 1.82) is 0 Å². The van der Waals surface area contributed by atoms with Crippen LogP contribution in [0.25, 0.3) is 5.69 Å². The number of nitrogens with zero attached hydrogens (tertiary/aromatic N) is 5. The van der Waals surface area contributed by atoms with E-state index in [1.807, 2.05) is 47.4 Å². The summed E-state index contributed by atoms with van der Waals surface area (Å²) in [6.07, 6.45) is 0. The lowest BCUT2D eigenvalue weighted by Crippen LogP contribution is -2.45. The van der Waals surface area contributed by atoms with Gasteiger partial charge in [0.15, 0.2) is 0 Å². The van der Waals surface area contributed by atoms with Crippen LogP contribution in [0.2, 0.25) is 0 Å². The van der Waals surface area contributed by atoms with Crippen LogP contribution in [0.4, 0.5) is 5.82 Å². The second-order valence-electron chi connectivity index (χ2n) is 9.48. The van der Waals surface area contributed by atoms with E-state index < -0.39 is 0 Å². The number of benzene rings is 2. The molecule has 0 atom stereocenters. The van der Waals surface area contributed by atoms with Gasteiger partial charge in [-0.25, -0.2) is 4.68 Å². The van der Waals surface area contributed by atoms with Crippen molar-refractivity contribution < 1.29 is 4.79 Å². The predicted molar refractivity (Wildman–Crippen MR) is 142 cm³/mol. The van der Waals surface area contributed by atoms with Crippen LogP contribution in [0.5, 0.6) is 0 Å². The Morgan fingerprint density at radius 3 is 2.32 bits per heavy atom. The van der Waals surface area contributed by atoms with Gasteiger partial charge in [0.1, 0.15) is 5.82 Å². The molecule has 34 heavy (non-hydrogen) atoms. The van der Waals surface area contributed by atoms with Crippen molar-refractivity contribution in [1.82, 2.24) is 19.6 Å². The highest BCUT2D eigenvalue weighted by Crippen LogP contribution is 2.30. The zero-order valence-corrected chi connectivity index (χ0v) is 22.1. The fraction of sp³-hybridized carbons (Fsp3) is 0.407. The number of carbonyl (C=O) groups excluding carboxylic acids is 1. The molecule has 3 aromatic rings. The number of carbonyl (C=O) groups is 1. The number of hydrogen-bond donors (Lipinski definition) is 0. The van der Waals surface area contributed by atoms with E-state index in [1.54, 1.807) is 0 Å². The first-order valence-corrected chi connectivity index (χ1v) is 12.8. The van der Waals surface area contributed by atoms with E-state index >= 15 is 0 Å². The molecule has 0 unspecified atom stereocenters. The van der Waals surface area contributed by atoms with Gasteiger partial charge in [0.25, 0.3) is 5.91 Å². The Morgan fingerprint density at radius 1 is 1.03 bits per heavy atom. The normalized spacial score (nSPS) is 14.6. The lowest BCUT2D eigenvalue weighted by Gasteiger charge is -2.35. The number of anilines is 1. The third-order valence-electron chi connectivity index (χ3n) is 6.29. The van der Waals surface area contributed by atoms with Gasteiger partial charge in [-0.15, -0.1) is 0 Å². The number of halogens is 1. The molecule has 2 heterocycles. The van der Waals surface area contributed by atoms with Crippen LogP contribution in [0.15, 0.2) is 59.1 Å². The quantitative estimate of drug-likeness (QED) is 0.437. The molecular formula is C27H34BrN5O. The van der Waals surface area contributed by atoms with E-state index in [2.05, 4.69) is 70.4 Å². The first kappa shape index (κ1) is 24.5. The lowest BCUT2D eigenvalue weighted by molar-refractivity contribution is 0.0721. The number of piperazine rings is 1. The van der Waals surface area contributed by atoms with E-state index in [9.17, 15) is 4.79 Å². The van der Waals surface area contributed by atoms with Crippen molar-refractivity contribution in [2.24, 2.45) is 5.92 Å². The van der Waals surface area contributed by atoms with Gasteiger partial charge >= 0.3 is 0 Å². The van der Waals surface area contributed by atoms with Gasteiger partial charge in [-0.05, 0) is 60.1 Å². The maximum atomic E-state index is 13.7. The molecule has 1 aliphatic heterocycles. The molecule has 1 fully saturated rings. The topological polar surface area (TPSA) is 44.6 Å². The highest BCUT2D eigenvalue weighted by Gasteiger charge is 2.28. The lowest BCUT2D eigenvalue weighted by atomic mass is 10.1. The molecule has 0 bridgehead atoms. The number of likely N-dealkylation sites (N-methyl/N-ethyl adjacent to an activating group) is 1. The molecule has 4 rings (SSSR count). The third kappa shape index (κ3) is 5.36. The number of aromatic nitrogens is 2. The molecule has 0 N–H and O–H groups in total. The van der Waals surface area contributed by atoms with Crippen LogP contribution >= 0.6 is 15.9 Å². The summed E-state index contributed by atoms with van der Waals surface area (Å²) >= 11 is 3.57. The molecule has 0 spiro atoms. The first-order chi connectivity index (χ1) is 16.3. The van der Waals surface area contributed by atoms with E-state index in [0.717, 1.165) is 53.4 Å². The van der Waals surface area contributed by atoms with Gasteiger partial charge in [-0.1, -0.05) is 44.2 Å². The van der Waals surface area contributed by atoms with E-state index in [-0.39, 0.29) is 5.91 Å². The van der Waals surface area contributed by atoms with Crippen LogP contribution in [0.1, 0.15) is 35.5 Å². The average Bonchev–Trinajstić information content (AvgIpc) is 3.15. The highest BCUT2D eigenvalue weighted by atomic mass is 79.9. The molecular weight excluding hydrogens is 490 g/mol. The SMILES string of the molecule is Cc1nn(-c2ccccc2)c(N2CCN(C)CC2)c1CN(CC(C)C)C(=O)c1ccccc1Br. The monoisotopic (exact) mass is 523 g/mol. The van der Waals surface area contributed by atoms with Gasteiger partial charge in [0.05, 0.1) is 23.5 Å². The number of amides is 1. The van der Waals surface area contributed by atoms with E-state index in [0.29, 0.717) is 24.6 Å². The number of aryl methyl sites for hydroxylation is 1. The van der Waals surface area contributed by atoms with E-state index in [1.165, 1.54) is 0 Å². The second-order valence-corrected chi connectivity index (χ2v) is 10.3. The van der Waals surface area contributed by atoms with Crippen molar-refractivity contribution in [3.63, 3.8) is 0 Å². The second kappa shape index (κ2) is 10.7. The van der Waals surface area contributed by atoms with Gasteiger partial charge < -0.3 is 14.7 Å². The van der Waals surface area contributed by atoms with Crippen molar-refractivity contribution in [2.75, 3.05) is 44.7 Å². The highest BCUT2D eigenvalue weighted by molar-refractivity contribution is 9.10. The molecule has 6 nitrogen and oxygen atoms in total. The van der Waals surface area contributed by atoms with Crippen LogP contribution in [-0.2, 0) is 6.54 Å². The number of para-hydroxylation sites is 1. The van der Waals surface area contributed by atoms with Gasteiger partial charge in [-0.3, -0.25) is 4.79 Å². The van der Waals surface area contributed by atoms with Crippen molar-refractivity contribution in [2.45, 2.75) is 27.3 Å². The van der Waals surface area contributed by atoms with Crippen LogP contribution in [-0.4, -0.2) is 65.3 Å². The molecule has 0 saturated carbocycles. The molecule has 0 aliphatic carbocycles. The average molecular weight is 525 g/mol. The minimum absolute atomic E-state index is 0.0392. The maximum absolute atomic E-state index is 13.7. The van der Waals surface area contributed by atoms with Gasteiger partial charge in [0, 0.05) is 42.8 Å². The number of hydrogen-bond acceptors (Lipinski definition) is 4. The van der Waals surface area contributed by atoms with Crippen molar-refractivity contribution in [3.05, 3.63) is 75.9 Å². The Hall–Kier alpha value is -2.64. The summed E-state index contributed by atoms with van der Waals surface area (Å²) in [5, 5.41) is 4.97. The molecule has 1 aromatic heterocycles. The Morgan fingerprint density at radius 2 is 1.68 bits per heavy atom. The molecule has 180 valence electrons. The minimum Gasteiger partial charge on any atom is -0.354 e. The zero-order chi connectivity index (χ0) is 24.2. The molecule has 0 radical (unpaired) electrons. The van der Waals surface area contributed by atoms with Crippen molar-refractivity contribution in [3.8, 4) is 5.69 Å². The Kier molecular flexibility index (Phi) is 7.73. The van der Waals surface area contributed by atoms with Crippen LogP contribution in [0.3, 0.4) is 0 Å². The first-order valence-electron chi connectivity index (χ1n) is 12.0. The van der Waals surface area contributed by atoms with Crippen LogP contribution < -0.4 is 4.90 Å². The van der Waals surface area contributed by atoms with Gasteiger partial charge in [-0.2, -0.15) is 5.10 Å². The maximum Gasteiger partial charge on any atom is 0.255 e. The summed E-state index contributed by atoms with van der Waals surface area (Å²) in [6.45, 7) is 11.5. The molecule has 2 aromatic carbocycles. The summed E-state index contributed by atoms with van der Waals surface area (Å²) in [7, 11) is 2.17. The molecule has 1 amide bonds. The summed E-state index contributed by atoms with van der Waals surface area (Å²) in [6, 6.07) is 18.0. The molecule has 7 heteroatoms. The Bertz CT molecular complexity index is 1120. The Balaban J connectivity index is 1.76.